The highest BCUT2D eigenvalue weighted by molar-refractivity contribution is 5.10. The molecular weight excluding hydrogens is 154 g/mol. The van der Waals surface area contributed by atoms with Gasteiger partial charge in [0, 0.05) is 11.7 Å². The maximum absolute atomic E-state index is 11.0. The molecule has 1 rings (SSSR count). The lowest BCUT2D eigenvalue weighted by Gasteiger charge is -2.04. The Morgan fingerprint density at radius 3 is 2.92 bits per heavy atom. The molecule has 66 valence electrons. The van der Waals surface area contributed by atoms with E-state index in [9.17, 15) is 4.79 Å². The van der Waals surface area contributed by atoms with Gasteiger partial charge in [-0.3, -0.25) is 0 Å². The van der Waals surface area contributed by atoms with Crippen LogP contribution in [0.25, 0.3) is 0 Å². The number of aromatic amines is 1. The smallest absolute Gasteiger partial charge is 0.323 e. The van der Waals surface area contributed by atoms with Crippen LogP contribution in [0.5, 0.6) is 0 Å². The average Bonchev–Trinajstić information content (AvgIpc) is 2.03. The standard InChI is InChI=1S/C8H13N3O/c1-3-6-4-7(5(2)9)11-8(12)10-6/h4-5H,3,9H2,1-2H3,(H,10,11,12). The van der Waals surface area contributed by atoms with Crippen LogP contribution in [0.15, 0.2) is 10.9 Å². The third-order valence-corrected chi connectivity index (χ3v) is 1.67. The zero-order chi connectivity index (χ0) is 9.14. The van der Waals surface area contributed by atoms with E-state index >= 15 is 0 Å². The van der Waals surface area contributed by atoms with Crippen molar-refractivity contribution in [3.8, 4) is 0 Å². The van der Waals surface area contributed by atoms with Crippen LogP contribution < -0.4 is 11.4 Å². The molecule has 0 radical (unpaired) electrons. The lowest BCUT2D eigenvalue weighted by molar-refractivity contribution is 0.755. The molecule has 1 aromatic rings. The second-order valence-electron chi connectivity index (χ2n) is 2.78. The van der Waals surface area contributed by atoms with E-state index in [1.54, 1.807) is 6.92 Å². The first-order chi connectivity index (χ1) is 5.63. The quantitative estimate of drug-likeness (QED) is 0.667. The van der Waals surface area contributed by atoms with E-state index in [-0.39, 0.29) is 11.7 Å². The molecule has 0 spiro atoms. The van der Waals surface area contributed by atoms with Crippen LogP contribution in [-0.4, -0.2) is 9.97 Å². The van der Waals surface area contributed by atoms with E-state index in [0.29, 0.717) is 5.69 Å². The van der Waals surface area contributed by atoms with Gasteiger partial charge in [0.1, 0.15) is 0 Å². The van der Waals surface area contributed by atoms with Gasteiger partial charge in [0.2, 0.25) is 0 Å². The van der Waals surface area contributed by atoms with Gasteiger partial charge in [-0.15, -0.1) is 0 Å². The normalized spacial score (nSPS) is 12.9. The molecule has 0 saturated carbocycles. The number of aromatic nitrogens is 2. The number of hydrogen-bond donors (Lipinski definition) is 2. The summed E-state index contributed by atoms with van der Waals surface area (Å²) in [5.74, 6) is 0. The molecule has 1 heterocycles. The first-order valence-electron chi connectivity index (χ1n) is 3.99. The summed E-state index contributed by atoms with van der Waals surface area (Å²) in [5.41, 5.74) is 6.80. The number of hydrogen-bond acceptors (Lipinski definition) is 3. The monoisotopic (exact) mass is 167 g/mol. The molecule has 1 atom stereocenters. The van der Waals surface area contributed by atoms with Crippen molar-refractivity contribution >= 4 is 0 Å². The molecule has 4 heteroatoms. The van der Waals surface area contributed by atoms with Gasteiger partial charge in [0.15, 0.2) is 0 Å². The van der Waals surface area contributed by atoms with Crippen molar-refractivity contribution in [3.05, 3.63) is 27.9 Å². The second kappa shape index (κ2) is 3.49. The number of H-pyrrole nitrogens is 1. The molecule has 0 saturated heterocycles. The summed E-state index contributed by atoms with van der Waals surface area (Å²) in [6.45, 7) is 3.78. The van der Waals surface area contributed by atoms with E-state index in [1.165, 1.54) is 0 Å². The summed E-state index contributed by atoms with van der Waals surface area (Å²) in [4.78, 5) is 17.3. The van der Waals surface area contributed by atoms with Crippen LogP contribution in [-0.2, 0) is 6.42 Å². The molecule has 0 aliphatic rings. The molecule has 0 amide bonds. The van der Waals surface area contributed by atoms with Gasteiger partial charge in [0.25, 0.3) is 0 Å². The highest BCUT2D eigenvalue weighted by Crippen LogP contribution is 2.04. The molecule has 12 heavy (non-hydrogen) atoms. The van der Waals surface area contributed by atoms with Crippen molar-refractivity contribution in [2.24, 2.45) is 5.73 Å². The minimum absolute atomic E-state index is 0.183. The Bertz CT molecular complexity index is 316. The Morgan fingerprint density at radius 1 is 1.75 bits per heavy atom. The van der Waals surface area contributed by atoms with Crippen molar-refractivity contribution in [1.82, 2.24) is 9.97 Å². The van der Waals surface area contributed by atoms with Crippen LogP contribution in [0, 0.1) is 0 Å². The van der Waals surface area contributed by atoms with Crippen LogP contribution in [0.3, 0.4) is 0 Å². The summed E-state index contributed by atoms with van der Waals surface area (Å²) in [6, 6.07) is 1.64. The number of nitrogens with zero attached hydrogens (tertiary/aromatic N) is 1. The summed E-state index contributed by atoms with van der Waals surface area (Å²) in [6.07, 6.45) is 0.789. The third-order valence-electron chi connectivity index (χ3n) is 1.67. The number of aryl methyl sites for hydroxylation is 1. The van der Waals surface area contributed by atoms with Gasteiger partial charge < -0.3 is 10.7 Å². The van der Waals surface area contributed by atoms with Crippen LogP contribution >= 0.6 is 0 Å². The predicted molar refractivity (Wildman–Crippen MR) is 46.8 cm³/mol. The number of rotatable bonds is 2. The maximum atomic E-state index is 11.0. The largest absolute Gasteiger partial charge is 0.345 e. The summed E-state index contributed by atoms with van der Waals surface area (Å²) >= 11 is 0. The third kappa shape index (κ3) is 1.92. The zero-order valence-electron chi connectivity index (χ0n) is 7.29. The minimum atomic E-state index is -0.318. The molecule has 1 aromatic heterocycles. The number of nitrogens with one attached hydrogen (secondary N) is 1. The highest BCUT2D eigenvalue weighted by atomic mass is 16.1. The molecule has 0 aliphatic heterocycles. The molecule has 3 N–H and O–H groups in total. The molecule has 0 aromatic carbocycles. The lowest BCUT2D eigenvalue weighted by Crippen LogP contribution is -2.19. The summed E-state index contributed by atoms with van der Waals surface area (Å²) in [7, 11) is 0. The van der Waals surface area contributed by atoms with Crippen LogP contribution in [0.4, 0.5) is 0 Å². The van der Waals surface area contributed by atoms with Crippen molar-refractivity contribution in [3.63, 3.8) is 0 Å². The molecule has 0 bridgehead atoms. The Kier molecular flexibility index (Phi) is 2.60. The molecule has 4 nitrogen and oxygen atoms in total. The average molecular weight is 167 g/mol. The molecule has 0 aliphatic carbocycles. The summed E-state index contributed by atoms with van der Waals surface area (Å²) in [5, 5.41) is 0. The summed E-state index contributed by atoms with van der Waals surface area (Å²) < 4.78 is 0. The Labute approximate surface area is 70.8 Å². The van der Waals surface area contributed by atoms with Gasteiger partial charge in [-0.1, -0.05) is 6.92 Å². The second-order valence-corrected chi connectivity index (χ2v) is 2.78. The lowest BCUT2D eigenvalue weighted by atomic mass is 10.2. The van der Waals surface area contributed by atoms with E-state index in [1.807, 2.05) is 13.0 Å². The van der Waals surface area contributed by atoms with E-state index in [0.717, 1.165) is 12.1 Å². The first kappa shape index (κ1) is 8.93. The van der Waals surface area contributed by atoms with Crippen LogP contribution in [0.1, 0.15) is 31.3 Å². The fourth-order valence-electron chi connectivity index (χ4n) is 0.953. The van der Waals surface area contributed by atoms with Crippen molar-refractivity contribution in [2.45, 2.75) is 26.3 Å². The van der Waals surface area contributed by atoms with Gasteiger partial charge in [-0.25, -0.2) is 4.79 Å². The van der Waals surface area contributed by atoms with Crippen molar-refractivity contribution < 1.29 is 0 Å². The fourth-order valence-corrected chi connectivity index (χ4v) is 0.953. The Morgan fingerprint density at radius 2 is 2.42 bits per heavy atom. The van der Waals surface area contributed by atoms with Gasteiger partial charge in [0.05, 0.1) is 5.69 Å². The SMILES string of the molecule is CCc1cc(C(C)N)nc(=O)[nH]1. The van der Waals surface area contributed by atoms with E-state index in [2.05, 4.69) is 9.97 Å². The van der Waals surface area contributed by atoms with Gasteiger partial charge in [-0.05, 0) is 19.4 Å². The molecule has 0 fully saturated rings. The first-order valence-corrected chi connectivity index (χ1v) is 3.99. The van der Waals surface area contributed by atoms with Gasteiger partial charge >= 0.3 is 5.69 Å². The van der Waals surface area contributed by atoms with E-state index in [4.69, 9.17) is 5.73 Å². The van der Waals surface area contributed by atoms with Gasteiger partial charge in [-0.2, -0.15) is 4.98 Å². The van der Waals surface area contributed by atoms with Crippen molar-refractivity contribution in [2.75, 3.05) is 0 Å². The zero-order valence-corrected chi connectivity index (χ0v) is 7.29. The van der Waals surface area contributed by atoms with E-state index < -0.39 is 0 Å². The Hall–Kier alpha value is -1.16. The maximum Gasteiger partial charge on any atom is 0.345 e. The topological polar surface area (TPSA) is 71.8 Å². The Balaban J connectivity index is 3.15. The van der Waals surface area contributed by atoms with Crippen LogP contribution in [0.2, 0.25) is 0 Å². The van der Waals surface area contributed by atoms with Crippen molar-refractivity contribution in [1.29, 1.82) is 0 Å². The predicted octanol–water partition coefficient (Wildman–Crippen LogP) is 0.352. The number of nitrogens with two attached hydrogens (primary N) is 1. The minimum Gasteiger partial charge on any atom is -0.323 e. The molecule has 1 unspecified atom stereocenters. The fraction of sp³-hybridized carbons (Fsp3) is 0.500. The highest BCUT2D eigenvalue weighted by Gasteiger charge is 2.03. The molecular formula is C8H13N3O.